The molecule has 2 aliphatic heterocycles. The lowest BCUT2D eigenvalue weighted by Crippen LogP contribution is -2.44. The molecule has 6 rings (SSSR count). The molecule has 0 aliphatic carbocycles. The number of piperazine rings is 1. The van der Waals surface area contributed by atoms with Crippen molar-refractivity contribution in [3.8, 4) is 11.1 Å². The fraction of sp³-hybridized carbons (Fsp3) is 0.394. The zero-order chi connectivity index (χ0) is 30.1. The summed E-state index contributed by atoms with van der Waals surface area (Å²) in [5, 5.41) is 4.68. The lowest BCUT2D eigenvalue weighted by Gasteiger charge is -2.35. The quantitative estimate of drug-likeness (QED) is 0.314. The van der Waals surface area contributed by atoms with E-state index in [9.17, 15) is 9.59 Å². The van der Waals surface area contributed by atoms with Gasteiger partial charge in [-0.15, -0.1) is 0 Å². The number of carbonyl (C=O) groups excluding carboxylic acids is 1. The molecule has 2 aromatic carbocycles. The van der Waals surface area contributed by atoms with Gasteiger partial charge in [0.05, 0.1) is 6.04 Å². The Balaban J connectivity index is 1.38. The molecule has 2 aromatic heterocycles. The van der Waals surface area contributed by atoms with Crippen LogP contribution < -0.4 is 15.8 Å². The maximum absolute atomic E-state index is 14.2. The van der Waals surface area contributed by atoms with E-state index in [1.54, 1.807) is 22.9 Å². The molecule has 0 bridgehead atoms. The first kappa shape index (κ1) is 29.1. The van der Waals surface area contributed by atoms with Gasteiger partial charge in [-0.2, -0.15) is 4.98 Å². The molecule has 1 N–H and O–H groups in total. The molecule has 1 amide bonds. The van der Waals surface area contributed by atoms with E-state index < -0.39 is 0 Å². The van der Waals surface area contributed by atoms with Crippen LogP contribution in [0.3, 0.4) is 0 Å². The van der Waals surface area contributed by atoms with Crippen LogP contribution in [0.25, 0.3) is 22.2 Å². The van der Waals surface area contributed by atoms with Crippen molar-refractivity contribution in [2.24, 2.45) is 0 Å². The van der Waals surface area contributed by atoms with Crippen molar-refractivity contribution in [2.45, 2.75) is 39.2 Å². The predicted molar refractivity (Wildman–Crippen MR) is 174 cm³/mol. The molecule has 0 spiro atoms. The average molecular weight is 600 g/mol. The van der Waals surface area contributed by atoms with Crippen molar-refractivity contribution in [3.05, 3.63) is 75.7 Å². The van der Waals surface area contributed by atoms with Gasteiger partial charge in [0.25, 0.3) is 5.56 Å². The molecule has 9 nitrogen and oxygen atoms in total. The topological polar surface area (TPSA) is 86.6 Å². The number of benzene rings is 2. The zero-order valence-electron chi connectivity index (χ0n) is 25.0. The van der Waals surface area contributed by atoms with Crippen LogP contribution in [0.1, 0.15) is 37.8 Å². The molecule has 224 valence electrons. The number of hydrogen-bond acceptors (Lipinski definition) is 7. The Kier molecular flexibility index (Phi) is 8.36. The van der Waals surface area contributed by atoms with Gasteiger partial charge in [-0.1, -0.05) is 30.7 Å². The van der Waals surface area contributed by atoms with Gasteiger partial charge < -0.3 is 20.0 Å². The molecule has 0 radical (unpaired) electrons. The van der Waals surface area contributed by atoms with E-state index in [1.165, 1.54) is 11.3 Å². The van der Waals surface area contributed by atoms with Crippen LogP contribution in [0.5, 0.6) is 0 Å². The summed E-state index contributed by atoms with van der Waals surface area (Å²) in [7, 11) is 2.16. The molecule has 4 heterocycles. The third kappa shape index (κ3) is 6.10. The van der Waals surface area contributed by atoms with Crippen LogP contribution in [0.4, 0.5) is 17.3 Å². The number of likely N-dealkylation sites (N-methyl/N-ethyl adjacent to an activating group) is 1. The molecule has 4 aromatic rings. The average Bonchev–Trinajstić information content (AvgIpc) is 3.01. The summed E-state index contributed by atoms with van der Waals surface area (Å²) in [5.74, 6) is 0.514. The Morgan fingerprint density at radius 3 is 2.63 bits per heavy atom. The van der Waals surface area contributed by atoms with Crippen LogP contribution in [-0.2, 0) is 4.79 Å². The Labute approximate surface area is 257 Å². The highest BCUT2D eigenvalue weighted by Gasteiger charge is 2.27. The van der Waals surface area contributed by atoms with Crippen molar-refractivity contribution in [3.63, 3.8) is 0 Å². The number of nitrogens with zero attached hydrogens (tertiary/aromatic N) is 6. The van der Waals surface area contributed by atoms with Crippen LogP contribution in [0.15, 0.2) is 59.5 Å². The largest absolute Gasteiger partial charge is 0.369 e. The molecule has 10 heteroatoms. The molecule has 1 atom stereocenters. The number of hydrogen-bond donors (Lipinski definition) is 1. The number of rotatable bonds is 6. The fourth-order valence-corrected chi connectivity index (χ4v) is 6.45. The lowest BCUT2D eigenvalue weighted by atomic mass is 10.0. The number of piperidine rings is 1. The van der Waals surface area contributed by atoms with Crippen LogP contribution in [0, 0.1) is 6.92 Å². The minimum Gasteiger partial charge on any atom is -0.369 e. The summed E-state index contributed by atoms with van der Waals surface area (Å²) >= 11 is 6.30. The monoisotopic (exact) mass is 599 g/mol. The minimum atomic E-state index is -0.203. The third-order valence-corrected chi connectivity index (χ3v) is 8.86. The summed E-state index contributed by atoms with van der Waals surface area (Å²) in [6.07, 6.45) is 3.80. The van der Waals surface area contributed by atoms with E-state index in [2.05, 4.69) is 52.3 Å². The number of fused-ring (bicyclic) bond motifs is 1. The second-order valence-corrected chi connectivity index (χ2v) is 12.1. The number of halogens is 1. The summed E-state index contributed by atoms with van der Waals surface area (Å²) < 4.78 is 1.77. The van der Waals surface area contributed by atoms with Crippen molar-refractivity contribution in [2.75, 3.05) is 56.5 Å². The normalized spacial score (nSPS) is 17.8. The fourth-order valence-electron chi connectivity index (χ4n) is 6.26. The van der Waals surface area contributed by atoms with Crippen LogP contribution >= 0.6 is 11.6 Å². The predicted octanol–water partition coefficient (Wildman–Crippen LogP) is 5.49. The molecule has 2 saturated heterocycles. The van der Waals surface area contributed by atoms with E-state index in [1.807, 2.05) is 30.0 Å². The van der Waals surface area contributed by atoms with E-state index in [0.29, 0.717) is 41.7 Å². The number of aromatic nitrogens is 3. The lowest BCUT2D eigenvalue weighted by molar-refractivity contribution is -0.132. The van der Waals surface area contributed by atoms with Gasteiger partial charge in [0.2, 0.25) is 11.9 Å². The number of likely N-dealkylation sites (tertiary alicyclic amines) is 1. The standard InChI is InChI=1S/C33H38ClN7O2/c1-4-30(42)40-12-6-9-27(21-40)41-31-24(19-28(32(41)43)23-7-5-8-25(34)18-23)20-35-33(37-31)36-26-10-11-29(22(2)17-26)39-15-13-38(3)14-16-39/h5,7-8,10-11,17-20,27H,4,6,9,12-16,21H2,1-3H3,(H,35,36,37). The third-order valence-electron chi connectivity index (χ3n) is 8.62. The number of pyridine rings is 1. The molecular formula is C33H38ClN7O2. The minimum absolute atomic E-state index is 0.0976. The van der Waals surface area contributed by atoms with Crippen molar-refractivity contribution in [1.82, 2.24) is 24.3 Å². The second kappa shape index (κ2) is 12.3. The number of anilines is 3. The number of nitrogens with one attached hydrogen (secondary N) is 1. The number of amides is 1. The highest BCUT2D eigenvalue weighted by Crippen LogP contribution is 2.30. The smallest absolute Gasteiger partial charge is 0.260 e. The summed E-state index contributed by atoms with van der Waals surface area (Å²) in [5.41, 5.74) is 4.98. The van der Waals surface area contributed by atoms with E-state index in [0.717, 1.165) is 55.7 Å². The molecule has 2 fully saturated rings. The van der Waals surface area contributed by atoms with Crippen LogP contribution in [-0.4, -0.2) is 76.6 Å². The highest BCUT2D eigenvalue weighted by atomic mass is 35.5. The molecular weight excluding hydrogens is 562 g/mol. The maximum Gasteiger partial charge on any atom is 0.260 e. The first-order valence-electron chi connectivity index (χ1n) is 15.1. The van der Waals surface area contributed by atoms with E-state index in [-0.39, 0.29) is 17.5 Å². The Bertz CT molecular complexity index is 1710. The first-order valence-corrected chi connectivity index (χ1v) is 15.5. The SMILES string of the molecule is CCC(=O)N1CCCC(n2c(=O)c(-c3cccc(Cl)c3)cc3cnc(Nc4ccc(N5CCN(C)CC5)c(C)c4)nc32)C1. The van der Waals surface area contributed by atoms with Crippen LogP contribution in [0.2, 0.25) is 5.02 Å². The van der Waals surface area contributed by atoms with Crippen molar-refractivity contribution in [1.29, 1.82) is 0 Å². The van der Waals surface area contributed by atoms with Gasteiger partial charge in [0.15, 0.2) is 0 Å². The van der Waals surface area contributed by atoms with Gasteiger partial charge in [-0.3, -0.25) is 14.2 Å². The molecule has 2 aliphatic rings. The highest BCUT2D eigenvalue weighted by molar-refractivity contribution is 6.30. The Morgan fingerprint density at radius 1 is 1.07 bits per heavy atom. The molecule has 43 heavy (non-hydrogen) atoms. The molecule has 1 unspecified atom stereocenters. The van der Waals surface area contributed by atoms with Gasteiger partial charge >= 0.3 is 0 Å². The van der Waals surface area contributed by atoms with E-state index >= 15 is 0 Å². The van der Waals surface area contributed by atoms with Gasteiger partial charge in [-0.25, -0.2) is 4.98 Å². The Hall–Kier alpha value is -3.95. The number of carbonyl (C=O) groups is 1. The first-order chi connectivity index (χ1) is 20.8. The van der Waals surface area contributed by atoms with Gasteiger partial charge in [0.1, 0.15) is 5.65 Å². The number of aryl methyl sites for hydroxylation is 1. The zero-order valence-corrected chi connectivity index (χ0v) is 25.8. The summed E-state index contributed by atoms with van der Waals surface area (Å²) in [6, 6.07) is 15.3. The Morgan fingerprint density at radius 2 is 1.88 bits per heavy atom. The van der Waals surface area contributed by atoms with Gasteiger partial charge in [-0.05, 0) is 74.3 Å². The maximum atomic E-state index is 14.2. The molecule has 0 saturated carbocycles. The second-order valence-electron chi connectivity index (χ2n) is 11.6. The van der Waals surface area contributed by atoms with E-state index in [4.69, 9.17) is 16.6 Å². The van der Waals surface area contributed by atoms with Crippen molar-refractivity contribution >= 4 is 45.9 Å². The van der Waals surface area contributed by atoms with Crippen molar-refractivity contribution < 1.29 is 4.79 Å². The van der Waals surface area contributed by atoms with Gasteiger partial charge in [0, 0.05) is 79.2 Å². The summed E-state index contributed by atoms with van der Waals surface area (Å²) in [4.78, 5) is 43.0. The summed E-state index contributed by atoms with van der Waals surface area (Å²) in [6.45, 7) is 9.30.